The molecule has 0 aliphatic carbocycles. The Morgan fingerprint density at radius 3 is 1.71 bits per heavy atom. The normalized spacial score (nSPS) is 16.3. The molecule has 0 amide bonds. The molecule has 4 rings (SSSR count). The van der Waals surface area contributed by atoms with Crippen LogP contribution in [-0.4, -0.2) is 76.9 Å². The molecule has 7 nitrogen and oxygen atoms in total. The standard InChI is InChI=1S/C28H38N5O2.6Y/c1-28(2,3)21-7-10-25-24(19-21)26(34)23-9-8-22(29-27(23)35-25)20-33-17-15-31(5)13-11-30(4)12-14-32(6)16-18-33;;;;;;/h7-10,19H,4-6,11-18,20H2,1-3H3;;;;;;/q-3;;;;;;. The first-order chi connectivity index (χ1) is 16.6. The van der Waals surface area contributed by atoms with Crippen LogP contribution in [0.25, 0.3) is 22.1 Å². The molecule has 6 radical (unpaired) electrons. The van der Waals surface area contributed by atoms with Gasteiger partial charge in [0, 0.05) is 216 Å². The van der Waals surface area contributed by atoms with Gasteiger partial charge in [-0.3, -0.25) is 30.8 Å². The average molecular weight is 1010 g/mol. The van der Waals surface area contributed by atoms with Gasteiger partial charge in [0.25, 0.3) is 0 Å². The first-order valence-corrected chi connectivity index (χ1v) is 12.4. The molecule has 13 heteroatoms. The van der Waals surface area contributed by atoms with Crippen LogP contribution in [0.15, 0.2) is 39.5 Å². The molecule has 0 N–H and O–H groups in total. The van der Waals surface area contributed by atoms with Crippen molar-refractivity contribution in [3.05, 3.63) is 73.0 Å². The monoisotopic (exact) mass is 1010 g/mol. The minimum absolute atomic E-state index is 0. The van der Waals surface area contributed by atoms with Crippen molar-refractivity contribution in [3.8, 4) is 0 Å². The topological polar surface area (TPSA) is 56.1 Å². The van der Waals surface area contributed by atoms with Gasteiger partial charge in [-0.1, -0.05) is 26.8 Å². The van der Waals surface area contributed by atoms with E-state index in [1.165, 1.54) is 0 Å². The van der Waals surface area contributed by atoms with Gasteiger partial charge in [-0.05, 0) is 74.5 Å². The fourth-order valence-corrected chi connectivity index (χ4v) is 4.30. The number of nitrogens with zero attached hydrogens (tertiary/aromatic N) is 5. The van der Waals surface area contributed by atoms with Crippen LogP contribution in [-0.2, 0) is 208 Å². The van der Waals surface area contributed by atoms with Crippen molar-refractivity contribution in [2.75, 3.05) is 52.4 Å². The predicted octanol–water partition coefficient (Wildman–Crippen LogP) is 3.72. The summed E-state index contributed by atoms with van der Waals surface area (Å²) >= 11 is 0. The Morgan fingerprint density at radius 2 is 1.22 bits per heavy atom. The molecule has 0 bridgehead atoms. The Morgan fingerprint density at radius 1 is 0.732 bits per heavy atom. The van der Waals surface area contributed by atoms with E-state index in [4.69, 9.17) is 9.40 Å². The Labute approximate surface area is 397 Å². The Kier molecular flexibility index (Phi) is 28.6. The number of rotatable bonds is 2. The number of pyridine rings is 1. The quantitative estimate of drug-likeness (QED) is 0.287. The van der Waals surface area contributed by atoms with Crippen LogP contribution in [0.5, 0.6) is 0 Å². The van der Waals surface area contributed by atoms with Gasteiger partial charge in [-0.2, -0.15) is 0 Å². The van der Waals surface area contributed by atoms with Crippen LogP contribution in [0.4, 0.5) is 0 Å². The zero-order valence-electron chi connectivity index (χ0n) is 24.9. The Hall–Kier alpha value is 4.30. The zero-order valence-corrected chi connectivity index (χ0v) is 41.9. The maximum absolute atomic E-state index is 13.2. The van der Waals surface area contributed by atoms with Crippen molar-refractivity contribution < 1.29 is 201 Å². The van der Waals surface area contributed by atoms with E-state index in [2.05, 4.69) is 61.5 Å². The molecule has 3 aromatic rings. The second kappa shape index (κ2) is 23.6. The second-order valence-electron chi connectivity index (χ2n) is 10.7. The summed E-state index contributed by atoms with van der Waals surface area (Å²) in [5, 5.41) is 1.13. The van der Waals surface area contributed by atoms with Crippen LogP contribution < -0.4 is 5.43 Å². The fraction of sp³-hybridized carbons (Fsp3) is 0.464. The van der Waals surface area contributed by atoms with Crippen molar-refractivity contribution in [2.45, 2.75) is 32.7 Å². The van der Waals surface area contributed by atoms with Crippen molar-refractivity contribution in [2.24, 2.45) is 0 Å². The van der Waals surface area contributed by atoms with Crippen LogP contribution in [0.1, 0.15) is 32.0 Å². The van der Waals surface area contributed by atoms with Crippen LogP contribution in [0.2, 0.25) is 0 Å². The van der Waals surface area contributed by atoms with Crippen molar-refractivity contribution in [1.29, 1.82) is 0 Å². The smallest absolute Gasteiger partial charge is 0.230 e. The van der Waals surface area contributed by atoms with Crippen LogP contribution in [0.3, 0.4) is 0 Å². The van der Waals surface area contributed by atoms with Crippen molar-refractivity contribution >= 4 is 22.1 Å². The summed E-state index contributed by atoms with van der Waals surface area (Å²) in [6, 6.07) is 9.67. The minimum Gasteiger partial charge on any atom is -0.457 e. The maximum atomic E-state index is 13.2. The first kappa shape index (κ1) is 49.7. The van der Waals surface area contributed by atoms with E-state index in [0.717, 1.165) is 63.6 Å². The van der Waals surface area contributed by atoms with E-state index in [0.29, 0.717) is 28.6 Å². The van der Waals surface area contributed by atoms with E-state index in [1.54, 1.807) is 0 Å². The van der Waals surface area contributed by atoms with E-state index >= 15 is 0 Å². The molecule has 1 aromatic carbocycles. The third kappa shape index (κ3) is 15.2. The van der Waals surface area contributed by atoms with Gasteiger partial charge in [0.1, 0.15) is 5.58 Å². The summed E-state index contributed by atoms with van der Waals surface area (Å²) in [5.74, 6) is 0. The molecule has 3 heterocycles. The van der Waals surface area contributed by atoms with Crippen LogP contribution in [0, 0.1) is 21.1 Å². The van der Waals surface area contributed by atoms with Crippen molar-refractivity contribution in [1.82, 2.24) is 24.6 Å². The van der Waals surface area contributed by atoms with E-state index < -0.39 is 0 Å². The number of benzene rings is 1. The third-order valence-electron chi connectivity index (χ3n) is 6.77. The largest absolute Gasteiger partial charge is 0.457 e. The van der Waals surface area contributed by atoms with Gasteiger partial charge in [-0.25, -0.2) is 4.98 Å². The van der Waals surface area contributed by atoms with E-state index in [-0.39, 0.29) is 207 Å². The van der Waals surface area contributed by atoms with Gasteiger partial charge in [0.2, 0.25) is 11.1 Å². The Bertz CT molecular complexity index is 1220. The van der Waals surface area contributed by atoms with Crippen LogP contribution >= 0.6 is 0 Å². The Balaban J connectivity index is -0.00000241. The summed E-state index contributed by atoms with van der Waals surface area (Å²) in [6.07, 6.45) is 0. The molecule has 1 saturated heterocycles. The molecule has 0 atom stereocenters. The van der Waals surface area contributed by atoms with E-state index in [1.807, 2.05) is 30.3 Å². The molecule has 41 heavy (non-hydrogen) atoms. The molecular weight excluding hydrogens is 972 g/mol. The van der Waals surface area contributed by atoms with Gasteiger partial charge in [0.15, 0.2) is 0 Å². The SMILES string of the molecule is [CH2-]N1CCN([CH2-])CCN(Cc2ccc3c(=O)c4cc(C(C)(C)C)ccc4oc3n2)CCN([CH2-])CC1.[Y].[Y].[Y].[Y].[Y].[Y]. The molecular formula is C28H38N5O2Y6-3. The number of hydrogen-bond donors (Lipinski definition) is 0. The number of aromatic nitrogens is 1. The molecule has 2 aromatic heterocycles. The van der Waals surface area contributed by atoms with Gasteiger partial charge < -0.3 is 19.1 Å². The first-order valence-electron chi connectivity index (χ1n) is 12.4. The maximum Gasteiger partial charge on any atom is 0.230 e. The van der Waals surface area contributed by atoms with Gasteiger partial charge in [-0.15, -0.1) is 0 Å². The third-order valence-corrected chi connectivity index (χ3v) is 6.77. The molecule has 208 valence electrons. The van der Waals surface area contributed by atoms with E-state index in [9.17, 15) is 4.79 Å². The summed E-state index contributed by atoms with van der Waals surface area (Å²) in [7, 11) is 12.5. The molecule has 0 spiro atoms. The number of fused-ring (bicyclic) bond motifs is 2. The van der Waals surface area contributed by atoms with Crippen molar-refractivity contribution in [3.63, 3.8) is 0 Å². The van der Waals surface area contributed by atoms with Gasteiger partial charge >= 0.3 is 0 Å². The summed E-state index contributed by atoms with van der Waals surface area (Å²) in [5.41, 5.74) is 2.89. The number of hydrogen-bond acceptors (Lipinski definition) is 7. The molecule has 1 aliphatic rings. The summed E-state index contributed by atoms with van der Waals surface area (Å²) in [6.45, 7) is 14.0. The second-order valence-corrected chi connectivity index (χ2v) is 10.7. The average Bonchev–Trinajstić information content (AvgIpc) is 2.81. The summed E-state index contributed by atoms with van der Waals surface area (Å²) < 4.78 is 6.10. The molecule has 1 aliphatic heterocycles. The molecule has 1 fully saturated rings. The zero-order chi connectivity index (χ0) is 25.2. The minimum atomic E-state index is -0.0419. The molecule has 0 saturated carbocycles. The molecule has 0 unspecified atom stereocenters. The predicted molar refractivity (Wildman–Crippen MR) is 143 cm³/mol. The van der Waals surface area contributed by atoms with Gasteiger partial charge in [0.05, 0.1) is 16.5 Å². The summed E-state index contributed by atoms with van der Waals surface area (Å²) in [4.78, 5) is 26.6. The fourth-order valence-electron chi connectivity index (χ4n) is 4.30.